The average molecular weight is 319 g/mol. The van der Waals surface area contributed by atoms with Crippen LogP contribution in [0.25, 0.3) is 10.2 Å². The molecule has 0 saturated carbocycles. The first kappa shape index (κ1) is 15.4. The number of hydrogen-bond acceptors (Lipinski definition) is 5. The van der Waals surface area contributed by atoms with E-state index in [1.54, 1.807) is 18.4 Å². The third-order valence-electron chi connectivity index (χ3n) is 4.11. The number of amides is 1. The molecule has 2 heterocycles. The van der Waals surface area contributed by atoms with E-state index in [1.165, 1.54) is 4.70 Å². The first-order chi connectivity index (χ1) is 10.7. The quantitative estimate of drug-likeness (QED) is 0.848. The van der Waals surface area contributed by atoms with Crippen LogP contribution < -0.4 is 10.6 Å². The van der Waals surface area contributed by atoms with Gasteiger partial charge < -0.3 is 15.4 Å². The number of carbonyl (C=O) groups is 1. The van der Waals surface area contributed by atoms with E-state index < -0.39 is 5.41 Å². The summed E-state index contributed by atoms with van der Waals surface area (Å²) < 4.78 is 6.44. The number of nitrogens with zero attached hydrogens (tertiary/aromatic N) is 1. The third-order valence-corrected chi connectivity index (χ3v) is 5.20. The van der Waals surface area contributed by atoms with Crippen LogP contribution in [0.3, 0.4) is 0 Å². The molecule has 2 aromatic rings. The summed E-state index contributed by atoms with van der Waals surface area (Å²) in [4.78, 5) is 17.1. The summed E-state index contributed by atoms with van der Waals surface area (Å²) in [5, 5.41) is 7.37. The van der Waals surface area contributed by atoms with E-state index in [9.17, 15) is 4.79 Å². The van der Waals surface area contributed by atoms with Crippen LogP contribution in [0.4, 0.5) is 0 Å². The van der Waals surface area contributed by atoms with Gasteiger partial charge in [-0.3, -0.25) is 4.79 Å². The van der Waals surface area contributed by atoms with Gasteiger partial charge in [-0.05, 0) is 25.1 Å². The van der Waals surface area contributed by atoms with Crippen molar-refractivity contribution in [1.29, 1.82) is 0 Å². The number of para-hydroxylation sites is 1. The Hall–Kier alpha value is -1.50. The number of aromatic nitrogens is 1. The van der Waals surface area contributed by atoms with E-state index in [2.05, 4.69) is 21.7 Å². The Morgan fingerprint density at radius 1 is 1.50 bits per heavy atom. The summed E-state index contributed by atoms with van der Waals surface area (Å²) in [6, 6.07) is 8.11. The molecule has 1 fully saturated rings. The molecule has 1 aromatic carbocycles. The van der Waals surface area contributed by atoms with Crippen molar-refractivity contribution in [3.05, 3.63) is 29.3 Å². The fourth-order valence-electron chi connectivity index (χ4n) is 2.90. The minimum atomic E-state index is -0.414. The minimum Gasteiger partial charge on any atom is -0.384 e. The van der Waals surface area contributed by atoms with Gasteiger partial charge in [-0.2, -0.15) is 0 Å². The average Bonchev–Trinajstić information content (AvgIpc) is 3.14. The summed E-state index contributed by atoms with van der Waals surface area (Å²) in [7, 11) is 1.65. The van der Waals surface area contributed by atoms with Crippen LogP contribution in [-0.2, 0) is 16.0 Å². The van der Waals surface area contributed by atoms with E-state index in [0.29, 0.717) is 19.7 Å². The highest BCUT2D eigenvalue weighted by Gasteiger charge is 2.41. The minimum absolute atomic E-state index is 0.0838. The second-order valence-electron chi connectivity index (χ2n) is 5.72. The Morgan fingerprint density at radius 2 is 2.36 bits per heavy atom. The smallest absolute Gasteiger partial charge is 0.229 e. The number of carbonyl (C=O) groups excluding carboxylic acids is 1. The molecule has 1 saturated heterocycles. The summed E-state index contributed by atoms with van der Waals surface area (Å²) >= 11 is 1.69. The molecule has 118 valence electrons. The van der Waals surface area contributed by atoms with Crippen LogP contribution in [0.1, 0.15) is 11.4 Å². The van der Waals surface area contributed by atoms with E-state index >= 15 is 0 Å². The molecule has 0 spiro atoms. The van der Waals surface area contributed by atoms with Crippen LogP contribution in [0.5, 0.6) is 0 Å². The van der Waals surface area contributed by atoms with Crippen molar-refractivity contribution >= 4 is 27.5 Å². The SMILES string of the molecule is COCC1(C(=O)NCCc2nc3ccccc3s2)CCNC1. The summed E-state index contributed by atoms with van der Waals surface area (Å²) in [5.41, 5.74) is 0.618. The predicted molar refractivity (Wildman–Crippen MR) is 88.1 cm³/mol. The van der Waals surface area contributed by atoms with Gasteiger partial charge >= 0.3 is 0 Å². The van der Waals surface area contributed by atoms with Crippen LogP contribution in [-0.4, -0.2) is 44.2 Å². The van der Waals surface area contributed by atoms with Crippen LogP contribution in [0.2, 0.25) is 0 Å². The summed E-state index contributed by atoms with van der Waals surface area (Å²) in [6.45, 7) is 2.64. The Kier molecular flexibility index (Phi) is 4.71. The third kappa shape index (κ3) is 3.14. The topological polar surface area (TPSA) is 63.2 Å². The molecule has 5 nitrogen and oxygen atoms in total. The molecule has 1 atom stereocenters. The normalized spacial score (nSPS) is 21.3. The largest absolute Gasteiger partial charge is 0.384 e. The van der Waals surface area contributed by atoms with Crippen molar-refractivity contribution in [2.24, 2.45) is 5.41 Å². The van der Waals surface area contributed by atoms with Crippen molar-refractivity contribution in [1.82, 2.24) is 15.6 Å². The van der Waals surface area contributed by atoms with Crippen LogP contribution >= 0.6 is 11.3 Å². The molecule has 22 heavy (non-hydrogen) atoms. The number of nitrogens with one attached hydrogen (secondary N) is 2. The first-order valence-electron chi connectivity index (χ1n) is 7.56. The zero-order valence-electron chi connectivity index (χ0n) is 12.7. The van der Waals surface area contributed by atoms with Gasteiger partial charge in [-0.1, -0.05) is 12.1 Å². The van der Waals surface area contributed by atoms with Crippen LogP contribution in [0, 0.1) is 5.41 Å². The second-order valence-corrected chi connectivity index (χ2v) is 6.84. The lowest BCUT2D eigenvalue weighted by Crippen LogP contribution is -2.46. The van der Waals surface area contributed by atoms with Crippen molar-refractivity contribution < 1.29 is 9.53 Å². The van der Waals surface area contributed by atoms with Gasteiger partial charge in [0.05, 0.1) is 27.2 Å². The highest BCUT2D eigenvalue weighted by molar-refractivity contribution is 7.18. The van der Waals surface area contributed by atoms with Gasteiger partial charge in [-0.25, -0.2) is 4.98 Å². The number of rotatable bonds is 6. The number of methoxy groups -OCH3 is 1. The molecule has 1 amide bonds. The lowest BCUT2D eigenvalue weighted by molar-refractivity contribution is -0.132. The van der Waals surface area contributed by atoms with Crippen molar-refractivity contribution in [3.63, 3.8) is 0 Å². The molecule has 1 aliphatic heterocycles. The van der Waals surface area contributed by atoms with E-state index in [4.69, 9.17) is 4.74 Å². The van der Waals surface area contributed by atoms with Gasteiger partial charge in [0.25, 0.3) is 0 Å². The maximum atomic E-state index is 12.5. The lowest BCUT2D eigenvalue weighted by Gasteiger charge is -2.25. The highest BCUT2D eigenvalue weighted by Crippen LogP contribution is 2.26. The molecule has 0 radical (unpaired) electrons. The van der Waals surface area contributed by atoms with Gasteiger partial charge in [0.15, 0.2) is 0 Å². The predicted octanol–water partition coefficient (Wildman–Crippen LogP) is 1.58. The van der Waals surface area contributed by atoms with E-state index in [0.717, 1.165) is 29.9 Å². The van der Waals surface area contributed by atoms with Crippen molar-refractivity contribution in [3.8, 4) is 0 Å². The van der Waals surface area contributed by atoms with Crippen molar-refractivity contribution in [2.45, 2.75) is 12.8 Å². The first-order valence-corrected chi connectivity index (χ1v) is 8.38. The zero-order chi connectivity index (χ0) is 15.4. The maximum absolute atomic E-state index is 12.5. The lowest BCUT2D eigenvalue weighted by atomic mass is 9.87. The Balaban J connectivity index is 1.56. The molecular weight excluding hydrogens is 298 g/mol. The Bertz CT molecular complexity index is 617. The number of fused-ring (bicyclic) bond motifs is 1. The number of benzene rings is 1. The van der Waals surface area contributed by atoms with Crippen LogP contribution in [0.15, 0.2) is 24.3 Å². The zero-order valence-corrected chi connectivity index (χ0v) is 13.5. The Morgan fingerprint density at radius 3 is 3.09 bits per heavy atom. The number of ether oxygens (including phenoxy) is 1. The molecule has 1 aliphatic rings. The Labute approximate surface area is 134 Å². The highest BCUT2D eigenvalue weighted by atomic mass is 32.1. The molecular formula is C16H21N3O2S. The number of thiazole rings is 1. The van der Waals surface area contributed by atoms with Crippen molar-refractivity contribution in [2.75, 3.05) is 33.4 Å². The van der Waals surface area contributed by atoms with Gasteiger partial charge in [0.2, 0.25) is 5.91 Å². The summed E-state index contributed by atoms with van der Waals surface area (Å²) in [5.74, 6) is 0.0838. The molecule has 1 unspecified atom stereocenters. The second kappa shape index (κ2) is 6.73. The van der Waals surface area contributed by atoms with Gasteiger partial charge in [0.1, 0.15) is 0 Å². The standard InChI is InChI=1S/C16H21N3O2S/c1-21-11-16(7-9-17-10-16)15(20)18-8-6-14-19-12-4-2-3-5-13(12)22-14/h2-5,17H,6-11H2,1H3,(H,18,20). The summed E-state index contributed by atoms with van der Waals surface area (Å²) in [6.07, 6.45) is 1.59. The fourth-order valence-corrected chi connectivity index (χ4v) is 3.87. The molecule has 3 rings (SSSR count). The van der Waals surface area contributed by atoms with E-state index in [1.807, 2.05) is 18.2 Å². The molecule has 0 aliphatic carbocycles. The molecule has 6 heteroatoms. The molecule has 1 aromatic heterocycles. The van der Waals surface area contributed by atoms with E-state index in [-0.39, 0.29) is 5.91 Å². The van der Waals surface area contributed by atoms with Gasteiger partial charge in [-0.15, -0.1) is 11.3 Å². The fraction of sp³-hybridized carbons (Fsp3) is 0.500. The molecule has 2 N–H and O–H groups in total. The molecule has 0 bridgehead atoms. The maximum Gasteiger partial charge on any atom is 0.229 e. The monoisotopic (exact) mass is 319 g/mol. The number of hydrogen-bond donors (Lipinski definition) is 2. The van der Waals surface area contributed by atoms with Gasteiger partial charge in [0, 0.05) is 26.6 Å².